The van der Waals surface area contributed by atoms with Crippen LogP contribution in [0.3, 0.4) is 0 Å². The third kappa shape index (κ3) is 2.63. The molecule has 0 aromatic heterocycles. The minimum atomic E-state index is -3.34. The maximum absolute atomic E-state index is 11.9. The number of para-hydroxylation sites is 1. The monoisotopic (exact) mass is 247 g/mol. The third-order valence-corrected chi connectivity index (χ3v) is 5.03. The van der Waals surface area contributed by atoms with Crippen molar-refractivity contribution < 1.29 is 8.42 Å². The molecule has 0 N–H and O–H groups in total. The first kappa shape index (κ1) is 12.3. The minimum absolute atomic E-state index is 0.0967. The van der Waals surface area contributed by atoms with Gasteiger partial charge in [-0.25, -0.2) is 8.42 Å². The smallest absolute Gasteiger partial charge is 0.238 e. The summed E-state index contributed by atoms with van der Waals surface area (Å²) in [6, 6.07) is 8.94. The summed E-state index contributed by atoms with van der Waals surface area (Å²) in [5, 5.41) is -0.579. The number of sulfonamides is 1. The fourth-order valence-electron chi connectivity index (χ4n) is 1.13. The summed E-state index contributed by atoms with van der Waals surface area (Å²) >= 11 is 5.56. The van der Waals surface area contributed by atoms with Crippen LogP contribution < -0.4 is 4.31 Å². The van der Waals surface area contributed by atoms with Crippen LogP contribution in [0.4, 0.5) is 5.69 Å². The standard InChI is InChI=1S/C10H14ClNO2S/c1-9(8-11)15(13,14)12(2)10-6-4-3-5-7-10/h3-7,9H,8H2,1-2H3. The predicted octanol–water partition coefficient (Wildman–Crippen LogP) is 2.08. The molecule has 0 fully saturated rings. The van der Waals surface area contributed by atoms with Crippen molar-refractivity contribution in [3.05, 3.63) is 30.3 Å². The second kappa shape index (κ2) is 4.86. The second-order valence-corrected chi connectivity index (χ2v) is 6.00. The van der Waals surface area contributed by atoms with Crippen molar-refractivity contribution in [2.24, 2.45) is 0 Å². The van der Waals surface area contributed by atoms with E-state index in [1.165, 1.54) is 11.4 Å². The van der Waals surface area contributed by atoms with Crippen LogP contribution in [-0.2, 0) is 10.0 Å². The molecule has 84 valence electrons. The summed E-state index contributed by atoms with van der Waals surface area (Å²) in [5.41, 5.74) is 0.648. The highest BCUT2D eigenvalue weighted by atomic mass is 35.5. The first-order valence-electron chi connectivity index (χ1n) is 4.59. The Morgan fingerprint density at radius 1 is 1.33 bits per heavy atom. The highest BCUT2D eigenvalue weighted by molar-refractivity contribution is 7.93. The maximum atomic E-state index is 11.9. The highest BCUT2D eigenvalue weighted by Gasteiger charge is 2.25. The van der Waals surface area contributed by atoms with Gasteiger partial charge in [-0.3, -0.25) is 4.31 Å². The lowest BCUT2D eigenvalue weighted by Crippen LogP contribution is -2.35. The molecule has 0 aliphatic rings. The van der Waals surface area contributed by atoms with E-state index in [0.29, 0.717) is 5.69 Å². The van der Waals surface area contributed by atoms with Crippen LogP contribution in [0.25, 0.3) is 0 Å². The van der Waals surface area contributed by atoms with E-state index < -0.39 is 15.3 Å². The highest BCUT2D eigenvalue weighted by Crippen LogP contribution is 2.18. The summed E-state index contributed by atoms with van der Waals surface area (Å²) in [5.74, 6) is 0.0967. The molecular weight excluding hydrogens is 234 g/mol. The summed E-state index contributed by atoms with van der Waals surface area (Å²) in [4.78, 5) is 0. The normalized spacial score (nSPS) is 13.5. The number of hydrogen-bond acceptors (Lipinski definition) is 2. The zero-order chi connectivity index (χ0) is 11.5. The lowest BCUT2D eigenvalue weighted by atomic mass is 10.3. The van der Waals surface area contributed by atoms with E-state index in [-0.39, 0.29) is 5.88 Å². The van der Waals surface area contributed by atoms with Gasteiger partial charge in [0, 0.05) is 12.9 Å². The van der Waals surface area contributed by atoms with Crippen LogP contribution >= 0.6 is 11.6 Å². The Kier molecular flexibility index (Phi) is 3.99. The Bertz CT molecular complexity index is 405. The molecule has 0 saturated heterocycles. The Morgan fingerprint density at radius 3 is 2.33 bits per heavy atom. The Labute approximate surface area is 95.7 Å². The topological polar surface area (TPSA) is 37.4 Å². The van der Waals surface area contributed by atoms with Crippen molar-refractivity contribution in [1.82, 2.24) is 0 Å². The molecule has 15 heavy (non-hydrogen) atoms. The molecule has 0 saturated carbocycles. The molecule has 0 heterocycles. The van der Waals surface area contributed by atoms with Gasteiger partial charge in [-0.2, -0.15) is 0 Å². The van der Waals surface area contributed by atoms with E-state index in [9.17, 15) is 8.42 Å². The summed E-state index contributed by atoms with van der Waals surface area (Å²) in [7, 11) is -1.81. The fourth-order valence-corrected chi connectivity index (χ4v) is 2.73. The van der Waals surface area contributed by atoms with Gasteiger partial charge in [0.05, 0.1) is 10.9 Å². The lowest BCUT2D eigenvalue weighted by molar-refractivity contribution is 0.586. The summed E-state index contributed by atoms with van der Waals surface area (Å²) in [6.45, 7) is 1.60. The molecule has 0 amide bonds. The van der Waals surface area contributed by atoms with E-state index in [0.717, 1.165) is 0 Å². The molecule has 3 nitrogen and oxygen atoms in total. The van der Waals surface area contributed by atoms with E-state index >= 15 is 0 Å². The Hall–Kier alpha value is -0.740. The molecule has 0 bridgehead atoms. The number of anilines is 1. The van der Waals surface area contributed by atoms with E-state index in [4.69, 9.17) is 11.6 Å². The van der Waals surface area contributed by atoms with Crippen LogP contribution in [-0.4, -0.2) is 26.6 Å². The van der Waals surface area contributed by atoms with Crippen LogP contribution in [0.1, 0.15) is 6.92 Å². The first-order valence-corrected chi connectivity index (χ1v) is 6.62. The number of rotatable bonds is 4. The van der Waals surface area contributed by atoms with Crippen molar-refractivity contribution >= 4 is 27.3 Å². The largest absolute Gasteiger partial charge is 0.273 e. The summed E-state index contributed by atoms with van der Waals surface area (Å²) < 4.78 is 25.1. The maximum Gasteiger partial charge on any atom is 0.238 e. The number of halogens is 1. The van der Waals surface area contributed by atoms with E-state index in [1.54, 1.807) is 31.2 Å². The van der Waals surface area contributed by atoms with Crippen LogP contribution in [0.15, 0.2) is 30.3 Å². The SMILES string of the molecule is CC(CCl)S(=O)(=O)N(C)c1ccccc1. The van der Waals surface area contributed by atoms with Gasteiger partial charge in [0.2, 0.25) is 10.0 Å². The Balaban J connectivity index is 3.00. The third-order valence-electron chi connectivity index (χ3n) is 2.23. The quantitative estimate of drug-likeness (QED) is 0.764. The van der Waals surface area contributed by atoms with Crippen LogP contribution in [0, 0.1) is 0 Å². The van der Waals surface area contributed by atoms with Gasteiger partial charge in [0.25, 0.3) is 0 Å². The number of nitrogens with zero attached hydrogens (tertiary/aromatic N) is 1. The van der Waals surface area contributed by atoms with Crippen molar-refractivity contribution in [2.45, 2.75) is 12.2 Å². The van der Waals surface area contributed by atoms with Gasteiger partial charge >= 0.3 is 0 Å². The zero-order valence-electron chi connectivity index (χ0n) is 8.72. The number of alkyl halides is 1. The molecule has 0 radical (unpaired) electrons. The number of benzene rings is 1. The first-order chi connectivity index (χ1) is 7.00. The molecule has 1 unspecified atom stereocenters. The summed E-state index contributed by atoms with van der Waals surface area (Å²) in [6.07, 6.45) is 0. The van der Waals surface area contributed by atoms with Crippen molar-refractivity contribution in [2.75, 3.05) is 17.2 Å². The van der Waals surface area contributed by atoms with Gasteiger partial charge in [-0.1, -0.05) is 18.2 Å². The van der Waals surface area contributed by atoms with Gasteiger partial charge < -0.3 is 0 Å². The molecule has 0 aliphatic heterocycles. The average Bonchev–Trinajstić information content (AvgIpc) is 2.28. The van der Waals surface area contributed by atoms with Crippen LogP contribution in [0.2, 0.25) is 0 Å². The average molecular weight is 248 g/mol. The fraction of sp³-hybridized carbons (Fsp3) is 0.400. The second-order valence-electron chi connectivity index (χ2n) is 3.31. The van der Waals surface area contributed by atoms with Crippen molar-refractivity contribution in [1.29, 1.82) is 0 Å². The molecule has 1 rings (SSSR count). The molecule has 1 atom stereocenters. The van der Waals surface area contributed by atoms with Gasteiger partial charge in [-0.05, 0) is 19.1 Å². The minimum Gasteiger partial charge on any atom is -0.273 e. The molecule has 1 aromatic rings. The number of hydrogen-bond donors (Lipinski definition) is 0. The predicted molar refractivity (Wildman–Crippen MR) is 63.9 cm³/mol. The zero-order valence-corrected chi connectivity index (χ0v) is 10.3. The van der Waals surface area contributed by atoms with Crippen LogP contribution in [0.5, 0.6) is 0 Å². The van der Waals surface area contributed by atoms with Crippen molar-refractivity contribution in [3.8, 4) is 0 Å². The molecule has 5 heteroatoms. The van der Waals surface area contributed by atoms with Gasteiger partial charge in [0.1, 0.15) is 0 Å². The van der Waals surface area contributed by atoms with Gasteiger partial charge in [0.15, 0.2) is 0 Å². The van der Waals surface area contributed by atoms with Crippen molar-refractivity contribution in [3.63, 3.8) is 0 Å². The van der Waals surface area contributed by atoms with E-state index in [2.05, 4.69) is 0 Å². The van der Waals surface area contributed by atoms with E-state index in [1.807, 2.05) is 6.07 Å². The van der Waals surface area contributed by atoms with Gasteiger partial charge in [-0.15, -0.1) is 11.6 Å². The molecule has 0 aliphatic carbocycles. The molecule has 0 spiro atoms. The Morgan fingerprint density at radius 2 is 1.87 bits per heavy atom. The molecular formula is C10H14ClNO2S. The lowest BCUT2D eigenvalue weighted by Gasteiger charge is -2.22. The molecule has 1 aromatic carbocycles.